The molecule has 21 nitrogen and oxygen atoms in total. The molecule has 386 valence electrons. The summed E-state index contributed by atoms with van der Waals surface area (Å²) in [7, 11) is 1.52. The summed E-state index contributed by atoms with van der Waals surface area (Å²) in [6.07, 6.45) is -0.105. The molecule has 0 bridgehead atoms. The third-order valence-corrected chi connectivity index (χ3v) is 14.2. The van der Waals surface area contributed by atoms with Gasteiger partial charge in [0.05, 0.1) is 13.2 Å². The number of nitrogens with one attached hydrogen (secondary N) is 8. The van der Waals surface area contributed by atoms with Crippen LogP contribution >= 0.6 is 0 Å². The first kappa shape index (κ1) is 49.5. The lowest BCUT2D eigenvalue weighted by Gasteiger charge is -2.26. The first-order valence-electron chi connectivity index (χ1n) is 24.7. The van der Waals surface area contributed by atoms with Crippen LogP contribution in [0.3, 0.4) is 0 Å². The van der Waals surface area contributed by atoms with Crippen molar-refractivity contribution in [3.8, 4) is 29.1 Å². The van der Waals surface area contributed by atoms with Crippen molar-refractivity contribution in [1.82, 2.24) is 41.9 Å². The van der Waals surface area contributed by atoms with E-state index in [0.717, 1.165) is 16.7 Å². The molecule has 0 radical (unpaired) electrons. The van der Waals surface area contributed by atoms with Crippen molar-refractivity contribution in [2.45, 2.75) is 81.5 Å². The molecule has 0 spiro atoms. The molecule has 7 amide bonds. The Morgan fingerprint density at radius 1 is 0.693 bits per heavy atom. The number of aromatic amines is 2. The minimum atomic E-state index is -1.33. The largest absolute Gasteiger partial charge is 0.496 e. The second kappa shape index (κ2) is 21.2. The molecule has 10 rings (SSSR count). The number of rotatable bonds is 19. The topological polar surface area (TPSA) is 310 Å². The molecule has 2 saturated heterocycles. The van der Waals surface area contributed by atoms with E-state index < -0.39 is 77.7 Å². The smallest absolute Gasteiger partial charge is 0.268 e. The first-order chi connectivity index (χ1) is 36.3. The normalized spacial score (nSPS) is 19.9. The Kier molecular flexibility index (Phi) is 14.0. The van der Waals surface area contributed by atoms with Crippen molar-refractivity contribution in [3.05, 3.63) is 119 Å². The number of hydrogen-bond donors (Lipinski definition) is 9. The number of H-pyrrole nitrogens is 2. The number of nitrogens with zero attached hydrogens (tertiary/aromatic N) is 1. The molecule has 6 aromatic rings. The number of nitriles is 1. The van der Waals surface area contributed by atoms with Crippen molar-refractivity contribution in [3.63, 3.8) is 0 Å². The third kappa shape index (κ3) is 10.6. The van der Waals surface area contributed by atoms with Crippen LogP contribution in [0.15, 0.2) is 91.0 Å². The van der Waals surface area contributed by atoms with Gasteiger partial charge in [0.25, 0.3) is 11.8 Å². The number of nitrogens with two attached hydrogens (primary N) is 1. The van der Waals surface area contributed by atoms with Gasteiger partial charge in [-0.3, -0.25) is 33.6 Å². The van der Waals surface area contributed by atoms with Gasteiger partial charge in [-0.05, 0) is 97.0 Å². The maximum atomic E-state index is 14.2. The molecule has 2 aromatic heterocycles. The Morgan fingerprint density at radius 2 is 1.27 bits per heavy atom. The van der Waals surface area contributed by atoms with Gasteiger partial charge in [-0.25, -0.2) is 0 Å². The molecular weight excluding hydrogens is 965 g/mol. The fourth-order valence-corrected chi connectivity index (χ4v) is 10.3. The van der Waals surface area contributed by atoms with Gasteiger partial charge in [0.15, 0.2) is 0 Å². The number of amides is 7. The highest BCUT2D eigenvalue weighted by Gasteiger charge is 2.41. The summed E-state index contributed by atoms with van der Waals surface area (Å²) >= 11 is 0. The lowest BCUT2D eigenvalue weighted by atomic mass is 9.97. The second-order valence-corrected chi connectivity index (χ2v) is 19.1. The summed E-state index contributed by atoms with van der Waals surface area (Å²) < 4.78 is 24.3. The Labute approximate surface area is 428 Å². The summed E-state index contributed by atoms with van der Waals surface area (Å²) in [5.74, 6) is -2.75. The van der Waals surface area contributed by atoms with Gasteiger partial charge in [0.2, 0.25) is 29.5 Å². The van der Waals surface area contributed by atoms with Crippen LogP contribution in [-0.2, 0) is 43.4 Å². The van der Waals surface area contributed by atoms with E-state index in [1.54, 1.807) is 66.7 Å². The number of carbonyl (C=O) groups is 7. The van der Waals surface area contributed by atoms with E-state index in [-0.39, 0.29) is 49.1 Å². The van der Waals surface area contributed by atoms with E-state index in [1.807, 2.05) is 24.3 Å². The Morgan fingerprint density at radius 3 is 1.85 bits per heavy atom. The first-order valence-corrected chi connectivity index (χ1v) is 24.7. The average Bonchev–Trinajstić information content (AvgIpc) is 4.29. The van der Waals surface area contributed by atoms with Crippen LogP contribution in [0.2, 0.25) is 0 Å². The number of methoxy groups -OCH3 is 1. The number of ether oxygens (including phenoxy) is 4. The Bertz CT molecular complexity index is 3260. The molecule has 4 aromatic carbocycles. The second-order valence-electron chi connectivity index (χ2n) is 19.1. The molecule has 75 heavy (non-hydrogen) atoms. The lowest BCUT2D eigenvalue weighted by Crippen LogP contribution is -2.58. The number of hydrogen-bond acceptors (Lipinski definition) is 12. The van der Waals surface area contributed by atoms with Crippen molar-refractivity contribution in [2.24, 2.45) is 17.6 Å². The molecule has 21 heteroatoms. The molecule has 4 aliphatic heterocycles. The summed E-state index contributed by atoms with van der Waals surface area (Å²) in [6.45, 7) is 1.01. The predicted molar refractivity (Wildman–Crippen MR) is 269 cm³/mol. The number of carbonyl (C=O) groups excluding carboxylic acids is 7. The Hall–Kier alpha value is -9.06. The third-order valence-electron chi connectivity index (χ3n) is 14.2. The van der Waals surface area contributed by atoms with E-state index in [0.29, 0.717) is 77.2 Å². The molecule has 4 aliphatic rings. The van der Waals surface area contributed by atoms with Crippen molar-refractivity contribution in [1.29, 1.82) is 5.26 Å². The van der Waals surface area contributed by atoms with Gasteiger partial charge in [0.1, 0.15) is 77.4 Å². The summed E-state index contributed by atoms with van der Waals surface area (Å²) in [4.78, 5) is 99.8. The van der Waals surface area contributed by atoms with Crippen LogP contribution in [0.25, 0.3) is 21.8 Å². The van der Waals surface area contributed by atoms with Gasteiger partial charge in [-0.1, -0.05) is 36.4 Å². The highest BCUT2D eigenvalue weighted by molar-refractivity contribution is 6.03. The van der Waals surface area contributed by atoms with E-state index >= 15 is 0 Å². The fraction of sp³-hybridized carbons (Fsp3) is 0.333. The SMILES string of the molecule is COc1cccc2[nH]c(C(=O)N[C@H](C(=O)N[C@@H](C[C@@H]3CCNC3=O)C(N)=O)[C@@H]3Cc4cc(COc5cccc6[nH]c(C(=O)N[C@H](C(=O)N[C@H](C#N)C[C@@H]7CCNC7=O)[C@@H]7Cc8ccccc8O7)cc56)ccc4O3)cc12. The molecular formula is C54H54N10O11. The molecule has 0 unspecified atom stereocenters. The standard InChI is InChI=1S/C54H54N10O11/c1-72-42-10-4-7-35-33(42)23-38(60-35)51(68)64-47(54(71)62-37(48(56)65)20-30-15-17-58-50(30)67)45-22-31-18-27(12-13-41(31)75-45)26-73-43-11-5-8-36-34(43)24-39(61-36)52(69)63-46(44-21-28-6-2-3-9-40(28)74-44)53(70)59-32(25-55)19-29-14-16-57-49(29)66/h2-13,18,23-24,29-30,32,37,44-47,60-61H,14-17,19-22,26H2,1H3,(H2,56,65)(H,57,66)(H,58,67)(H,59,70)(H,62,71)(H,63,69)(H,64,68)/t29-,30-,32-,37-,44-,45-,46-,47-/m0/s1. The number of para-hydroxylation sites is 1. The average molecular weight is 1020 g/mol. The van der Waals surface area contributed by atoms with Gasteiger partial charge in [-0.2, -0.15) is 5.26 Å². The molecule has 10 N–H and O–H groups in total. The van der Waals surface area contributed by atoms with Crippen LogP contribution in [0, 0.1) is 23.2 Å². The zero-order chi connectivity index (χ0) is 52.3. The van der Waals surface area contributed by atoms with Crippen molar-refractivity contribution < 1.29 is 52.5 Å². The van der Waals surface area contributed by atoms with Crippen LogP contribution in [0.4, 0.5) is 0 Å². The maximum absolute atomic E-state index is 14.2. The number of benzene rings is 4. The van der Waals surface area contributed by atoms with Crippen LogP contribution in [0.1, 0.15) is 63.4 Å². The zero-order valence-corrected chi connectivity index (χ0v) is 40.7. The monoisotopic (exact) mass is 1020 g/mol. The van der Waals surface area contributed by atoms with Crippen LogP contribution < -0.4 is 56.6 Å². The maximum Gasteiger partial charge on any atom is 0.268 e. The Balaban J connectivity index is 0.832. The highest BCUT2D eigenvalue weighted by Crippen LogP contribution is 2.34. The minimum absolute atomic E-state index is 0.0188. The minimum Gasteiger partial charge on any atom is -0.496 e. The summed E-state index contributed by atoms with van der Waals surface area (Å²) in [5.41, 5.74) is 9.55. The molecule has 0 saturated carbocycles. The lowest BCUT2D eigenvalue weighted by molar-refractivity contribution is -0.131. The molecule has 0 aliphatic carbocycles. The van der Waals surface area contributed by atoms with Crippen LogP contribution in [0.5, 0.6) is 23.0 Å². The fourth-order valence-electron chi connectivity index (χ4n) is 10.3. The van der Waals surface area contributed by atoms with Crippen molar-refractivity contribution >= 4 is 63.2 Å². The number of primary amides is 1. The van der Waals surface area contributed by atoms with Gasteiger partial charge >= 0.3 is 0 Å². The van der Waals surface area contributed by atoms with E-state index in [9.17, 15) is 38.8 Å². The molecule has 2 fully saturated rings. The van der Waals surface area contributed by atoms with Crippen molar-refractivity contribution in [2.75, 3.05) is 20.2 Å². The highest BCUT2D eigenvalue weighted by atomic mass is 16.5. The number of fused-ring (bicyclic) bond motifs is 4. The van der Waals surface area contributed by atoms with E-state index in [1.165, 1.54) is 7.11 Å². The van der Waals surface area contributed by atoms with E-state index in [4.69, 9.17) is 24.7 Å². The molecule has 6 heterocycles. The zero-order valence-electron chi connectivity index (χ0n) is 40.7. The van der Waals surface area contributed by atoms with Crippen LogP contribution in [-0.4, -0.2) is 108 Å². The predicted octanol–water partition coefficient (Wildman–Crippen LogP) is 2.47. The quantitative estimate of drug-likeness (QED) is 0.0566. The van der Waals surface area contributed by atoms with E-state index in [2.05, 4.69) is 47.9 Å². The van der Waals surface area contributed by atoms with Gasteiger partial charge in [-0.15, -0.1) is 0 Å². The summed E-state index contributed by atoms with van der Waals surface area (Å²) in [6, 6.07) is 23.9. The number of aromatic nitrogens is 2. The van der Waals surface area contributed by atoms with Gasteiger partial charge < -0.3 is 66.5 Å². The van der Waals surface area contributed by atoms with Gasteiger partial charge in [0, 0.05) is 59.6 Å². The molecule has 8 atom stereocenters. The summed E-state index contributed by atoms with van der Waals surface area (Å²) in [5, 5.41) is 27.8.